The predicted octanol–water partition coefficient (Wildman–Crippen LogP) is 4.37. The molecule has 0 radical (unpaired) electrons. The minimum atomic E-state index is 0.455. The largest absolute Gasteiger partial charge is 0.298 e. The number of pyridine rings is 1. The van der Waals surface area contributed by atoms with Gasteiger partial charge in [-0.2, -0.15) is 0 Å². The predicted molar refractivity (Wildman–Crippen MR) is 77.6 cm³/mol. The summed E-state index contributed by atoms with van der Waals surface area (Å²) in [5, 5.41) is 1.38. The molecule has 2 nitrogen and oxygen atoms in total. The van der Waals surface area contributed by atoms with E-state index in [4.69, 9.17) is 11.6 Å². The van der Waals surface area contributed by atoms with Crippen LogP contribution in [0.15, 0.2) is 54.6 Å². The van der Waals surface area contributed by atoms with Gasteiger partial charge in [-0.15, -0.1) is 0 Å². The van der Waals surface area contributed by atoms with Gasteiger partial charge in [0.1, 0.15) is 0 Å². The fourth-order valence-corrected chi connectivity index (χ4v) is 2.24. The van der Waals surface area contributed by atoms with Crippen molar-refractivity contribution in [1.82, 2.24) is 4.98 Å². The third-order valence-corrected chi connectivity index (χ3v) is 3.33. The van der Waals surface area contributed by atoms with Crippen molar-refractivity contribution in [3.05, 3.63) is 65.2 Å². The van der Waals surface area contributed by atoms with E-state index in [0.29, 0.717) is 10.6 Å². The number of hydrogen-bond donors (Lipinski definition) is 0. The molecule has 0 N–H and O–H groups in total. The van der Waals surface area contributed by atoms with E-state index in [0.717, 1.165) is 28.4 Å². The molecular formula is C16H10ClNO. The number of benzene rings is 2. The number of carbonyl (C=O) groups is 1. The summed E-state index contributed by atoms with van der Waals surface area (Å²) in [4.78, 5) is 15.5. The summed E-state index contributed by atoms with van der Waals surface area (Å²) in [5.74, 6) is 0. The maximum absolute atomic E-state index is 10.9. The molecule has 2 aromatic carbocycles. The second-order valence-corrected chi connectivity index (χ2v) is 4.65. The van der Waals surface area contributed by atoms with E-state index in [9.17, 15) is 4.79 Å². The number of fused-ring (bicyclic) bond motifs is 1. The standard InChI is InChI=1S/C16H10ClNO/c17-14-8-12-6-7-15(11-4-2-1-3-5-11)18-16(12)9-13(14)10-19/h1-10H. The molecule has 0 fully saturated rings. The number of aldehydes is 1. The lowest BCUT2D eigenvalue weighted by Crippen LogP contribution is -1.88. The zero-order valence-corrected chi connectivity index (χ0v) is 10.8. The zero-order valence-electron chi connectivity index (χ0n) is 10.0. The Bertz CT molecular complexity index is 753. The van der Waals surface area contributed by atoms with Crippen molar-refractivity contribution < 1.29 is 4.79 Å². The van der Waals surface area contributed by atoms with E-state index in [1.54, 1.807) is 12.1 Å². The van der Waals surface area contributed by atoms with Crippen LogP contribution >= 0.6 is 11.6 Å². The molecule has 0 saturated heterocycles. The first-order valence-electron chi connectivity index (χ1n) is 5.89. The van der Waals surface area contributed by atoms with E-state index in [-0.39, 0.29) is 0 Å². The number of hydrogen-bond acceptors (Lipinski definition) is 2. The number of halogens is 1. The molecule has 3 rings (SSSR count). The van der Waals surface area contributed by atoms with Gasteiger partial charge in [0.15, 0.2) is 6.29 Å². The molecule has 0 unspecified atom stereocenters. The van der Waals surface area contributed by atoms with Crippen molar-refractivity contribution in [3.63, 3.8) is 0 Å². The Hall–Kier alpha value is -2.19. The van der Waals surface area contributed by atoms with E-state index < -0.39 is 0 Å². The molecule has 92 valence electrons. The average molecular weight is 268 g/mol. The van der Waals surface area contributed by atoms with Crippen molar-refractivity contribution in [2.45, 2.75) is 0 Å². The Balaban J connectivity index is 2.20. The maximum Gasteiger partial charge on any atom is 0.151 e. The first kappa shape index (κ1) is 11.9. The Morgan fingerprint density at radius 3 is 2.53 bits per heavy atom. The van der Waals surface area contributed by atoms with Crippen LogP contribution in [0.4, 0.5) is 0 Å². The first-order chi connectivity index (χ1) is 9.28. The molecule has 0 aliphatic carbocycles. The third-order valence-electron chi connectivity index (χ3n) is 3.00. The summed E-state index contributed by atoms with van der Waals surface area (Å²) in [7, 11) is 0. The van der Waals surface area contributed by atoms with Gasteiger partial charge in [0.05, 0.1) is 16.2 Å². The minimum Gasteiger partial charge on any atom is -0.298 e. The lowest BCUT2D eigenvalue weighted by molar-refractivity contribution is 0.112. The zero-order chi connectivity index (χ0) is 13.2. The van der Waals surface area contributed by atoms with Crippen molar-refractivity contribution in [1.29, 1.82) is 0 Å². The highest BCUT2D eigenvalue weighted by Crippen LogP contribution is 2.25. The second-order valence-electron chi connectivity index (χ2n) is 4.25. The third kappa shape index (κ3) is 2.23. The monoisotopic (exact) mass is 267 g/mol. The Morgan fingerprint density at radius 1 is 1.00 bits per heavy atom. The van der Waals surface area contributed by atoms with Gasteiger partial charge >= 0.3 is 0 Å². The molecule has 0 aliphatic rings. The highest BCUT2D eigenvalue weighted by Gasteiger charge is 2.05. The summed E-state index contributed by atoms with van der Waals surface area (Å²) in [6, 6.07) is 17.3. The molecule has 3 heteroatoms. The summed E-state index contributed by atoms with van der Waals surface area (Å²) in [6.45, 7) is 0. The molecule has 1 aromatic heterocycles. The molecule has 0 spiro atoms. The highest BCUT2D eigenvalue weighted by atomic mass is 35.5. The minimum absolute atomic E-state index is 0.455. The molecule has 3 aromatic rings. The molecule has 0 amide bonds. The van der Waals surface area contributed by atoms with Gasteiger partial charge < -0.3 is 0 Å². The fourth-order valence-electron chi connectivity index (χ4n) is 2.02. The van der Waals surface area contributed by atoms with Gasteiger partial charge in [0.2, 0.25) is 0 Å². The number of nitrogens with zero attached hydrogens (tertiary/aromatic N) is 1. The van der Waals surface area contributed by atoms with Crippen molar-refractivity contribution in [3.8, 4) is 11.3 Å². The molecule has 0 aliphatic heterocycles. The topological polar surface area (TPSA) is 30.0 Å². The lowest BCUT2D eigenvalue weighted by Gasteiger charge is -2.05. The van der Waals surface area contributed by atoms with Crippen LogP contribution in [-0.2, 0) is 0 Å². The van der Waals surface area contributed by atoms with Crippen molar-refractivity contribution in [2.75, 3.05) is 0 Å². The Labute approximate surface area is 115 Å². The van der Waals surface area contributed by atoms with Crippen molar-refractivity contribution >= 4 is 28.8 Å². The smallest absolute Gasteiger partial charge is 0.151 e. The van der Waals surface area contributed by atoms with Gasteiger partial charge in [0.25, 0.3) is 0 Å². The highest BCUT2D eigenvalue weighted by molar-refractivity contribution is 6.33. The lowest BCUT2D eigenvalue weighted by atomic mass is 10.1. The first-order valence-corrected chi connectivity index (χ1v) is 6.26. The number of carbonyl (C=O) groups excluding carboxylic acids is 1. The quantitative estimate of drug-likeness (QED) is 0.646. The number of aromatic nitrogens is 1. The van der Waals surface area contributed by atoms with Gasteiger partial charge in [-0.3, -0.25) is 4.79 Å². The van der Waals surface area contributed by atoms with Gasteiger partial charge in [-0.05, 0) is 18.2 Å². The van der Waals surface area contributed by atoms with Crippen LogP contribution in [-0.4, -0.2) is 11.3 Å². The van der Waals surface area contributed by atoms with E-state index in [1.807, 2.05) is 42.5 Å². The maximum atomic E-state index is 10.9. The van der Waals surface area contributed by atoms with Crippen LogP contribution in [0.3, 0.4) is 0 Å². The molecule has 0 bridgehead atoms. The Morgan fingerprint density at radius 2 is 1.79 bits per heavy atom. The molecule has 0 atom stereocenters. The number of rotatable bonds is 2. The molecule has 1 heterocycles. The van der Waals surface area contributed by atoms with E-state index >= 15 is 0 Å². The van der Waals surface area contributed by atoms with Crippen LogP contribution in [0.1, 0.15) is 10.4 Å². The molecular weight excluding hydrogens is 258 g/mol. The second kappa shape index (κ2) is 4.82. The van der Waals surface area contributed by atoms with Gasteiger partial charge in [-0.1, -0.05) is 48.0 Å². The van der Waals surface area contributed by atoms with Gasteiger partial charge in [0, 0.05) is 16.5 Å². The average Bonchev–Trinajstić information content (AvgIpc) is 2.47. The van der Waals surface area contributed by atoms with Crippen LogP contribution in [0.5, 0.6) is 0 Å². The summed E-state index contributed by atoms with van der Waals surface area (Å²) in [5.41, 5.74) is 3.17. The SMILES string of the molecule is O=Cc1cc2nc(-c3ccccc3)ccc2cc1Cl. The Kier molecular flexibility index (Phi) is 3.02. The molecule has 0 saturated carbocycles. The van der Waals surface area contributed by atoms with Crippen molar-refractivity contribution in [2.24, 2.45) is 0 Å². The molecule has 19 heavy (non-hydrogen) atoms. The summed E-state index contributed by atoms with van der Waals surface area (Å²) < 4.78 is 0. The van der Waals surface area contributed by atoms with Crippen LogP contribution in [0, 0.1) is 0 Å². The van der Waals surface area contributed by atoms with Crippen LogP contribution < -0.4 is 0 Å². The normalized spacial score (nSPS) is 10.6. The van der Waals surface area contributed by atoms with E-state index in [2.05, 4.69) is 4.98 Å². The summed E-state index contributed by atoms with van der Waals surface area (Å²) >= 11 is 6.00. The van der Waals surface area contributed by atoms with Gasteiger partial charge in [-0.25, -0.2) is 4.98 Å². The van der Waals surface area contributed by atoms with E-state index in [1.165, 1.54) is 0 Å². The van der Waals surface area contributed by atoms with Crippen LogP contribution in [0.25, 0.3) is 22.2 Å². The van der Waals surface area contributed by atoms with Crippen LogP contribution in [0.2, 0.25) is 5.02 Å². The fraction of sp³-hybridized carbons (Fsp3) is 0. The summed E-state index contributed by atoms with van der Waals surface area (Å²) in [6.07, 6.45) is 0.749.